The van der Waals surface area contributed by atoms with Crippen molar-refractivity contribution in [3.63, 3.8) is 0 Å². The number of benzene rings is 1. The van der Waals surface area contributed by atoms with Gasteiger partial charge in [-0.15, -0.1) is 0 Å². The molecule has 1 spiro atoms. The summed E-state index contributed by atoms with van der Waals surface area (Å²) in [4.78, 5) is 22.0. The van der Waals surface area contributed by atoms with Gasteiger partial charge in [0.15, 0.2) is 5.79 Å². The number of hydrogen-bond donors (Lipinski definition) is 0. The molecule has 5 rings (SSSR count). The number of ether oxygens (including phenoxy) is 2. The zero-order chi connectivity index (χ0) is 17.6. The first-order valence-electron chi connectivity index (χ1n) is 8.96. The minimum absolute atomic E-state index is 0.0118. The van der Waals surface area contributed by atoms with Gasteiger partial charge in [-0.2, -0.15) is 0 Å². The summed E-state index contributed by atoms with van der Waals surface area (Å²) in [6.07, 6.45) is 5.64. The zero-order valence-electron chi connectivity index (χ0n) is 14.4. The molecular formula is C20H19N3O3. The zero-order valence-corrected chi connectivity index (χ0v) is 14.4. The molecule has 6 nitrogen and oxygen atoms in total. The van der Waals surface area contributed by atoms with Gasteiger partial charge in [0.25, 0.3) is 5.56 Å². The second-order valence-electron chi connectivity index (χ2n) is 6.82. The van der Waals surface area contributed by atoms with Crippen LogP contribution in [-0.4, -0.2) is 33.5 Å². The first kappa shape index (κ1) is 15.7. The van der Waals surface area contributed by atoms with Gasteiger partial charge in [-0.3, -0.25) is 14.3 Å². The van der Waals surface area contributed by atoms with Crippen LogP contribution in [-0.2, 0) is 22.4 Å². The molecule has 1 fully saturated rings. The number of nitrogens with zero attached hydrogens (tertiary/aromatic N) is 3. The summed E-state index contributed by atoms with van der Waals surface area (Å²) in [5.74, 6) is 0.259. The van der Waals surface area contributed by atoms with Crippen LogP contribution in [0.25, 0.3) is 22.0 Å². The lowest BCUT2D eigenvalue weighted by atomic mass is 10.1. The average molecular weight is 349 g/mol. The van der Waals surface area contributed by atoms with Crippen molar-refractivity contribution in [2.75, 3.05) is 13.2 Å². The van der Waals surface area contributed by atoms with E-state index in [1.165, 1.54) is 0 Å². The van der Waals surface area contributed by atoms with Crippen molar-refractivity contribution in [2.24, 2.45) is 0 Å². The molecule has 0 amide bonds. The molecule has 6 heteroatoms. The molecule has 0 bridgehead atoms. The second kappa shape index (κ2) is 6.00. The van der Waals surface area contributed by atoms with E-state index in [0.29, 0.717) is 38.0 Å². The predicted octanol–water partition coefficient (Wildman–Crippen LogP) is 2.54. The van der Waals surface area contributed by atoms with Crippen LogP contribution in [0.2, 0.25) is 0 Å². The molecule has 1 aromatic carbocycles. The van der Waals surface area contributed by atoms with Crippen molar-refractivity contribution in [1.82, 2.24) is 14.5 Å². The number of aromatic nitrogens is 3. The summed E-state index contributed by atoms with van der Waals surface area (Å²) in [6, 6.07) is 9.70. The molecule has 3 aromatic rings. The monoisotopic (exact) mass is 349 g/mol. The van der Waals surface area contributed by atoms with Crippen molar-refractivity contribution < 1.29 is 9.47 Å². The van der Waals surface area contributed by atoms with Crippen molar-refractivity contribution >= 4 is 10.9 Å². The fourth-order valence-corrected chi connectivity index (χ4v) is 3.90. The first-order valence-corrected chi connectivity index (χ1v) is 8.96. The van der Waals surface area contributed by atoms with Gasteiger partial charge in [0.1, 0.15) is 5.82 Å². The van der Waals surface area contributed by atoms with Gasteiger partial charge >= 0.3 is 0 Å². The van der Waals surface area contributed by atoms with Crippen LogP contribution in [0.4, 0.5) is 0 Å². The van der Waals surface area contributed by atoms with Crippen LogP contribution in [0.3, 0.4) is 0 Å². The molecule has 1 saturated heterocycles. The molecule has 2 aliphatic rings. The van der Waals surface area contributed by atoms with Gasteiger partial charge in [-0.05, 0) is 23.8 Å². The van der Waals surface area contributed by atoms with Crippen LogP contribution >= 0.6 is 0 Å². The van der Waals surface area contributed by atoms with Gasteiger partial charge in [0, 0.05) is 43.8 Å². The summed E-state index contributed by atoms with van der Waals surface area (Å²) >= 11 is 0. The Labute approximate surface area is 150 Å². The SMILES string of the molecule is O=c1c2ccc(-c3cccnc3)cc2nc2n1CCC1(CC2)OCCO1. The van der Waals surface area contributed by atoms with E-state index >= 15 is 0 Å². The lowest BCUT2D eigenvalue weighted by Gasteiger charge is -2.24. The van der Waals surface area contributed by atoms with Crippen LogP contribution in [0.15, 0.2) is 47.5 Å². The topological polar surface area (TPSA) is 66.2 Å². The van der Waals surface area contributed by atoms with Crippen LogP contribution in [0.5, 0.6) is 0 Å². The fraction of sp³-hybridized carbons (Fsp3) is 0.350. The minimum atomic E-state index is -0.548. The van der Waals surface area contributed by atoms with E-state index in [4.69, 9.17) is 14.5 Å². The summed E-state index contributed by atoms with van der Waals surface area (Å²) < 4.78 is 13.5. The summed E-state index contributed by atoms with van der Waals surface area (Å²) in [5, 5.41) is 0.644. The Bertz CT molecular complexity index is 1020. The third-order valence-electron chi connectivity index (χ3n) is 5.29. The van der Waals surface area contributed by atoms with E-state index in [1.54, 1.807) is 10.8 Å². The van der Waals surface area contributed by atoms with Crippen molar-refractivity contribution in [1.29, 1.82) is 0 Å². The maximum atomic E-state index is 13.0. The molecule has 0 N–H and O–H groups in total. The highest BCUT2D eigenvalue weighted by atomic mass is 16.7. The standard InChI is InChI=1S/C20H19N3O3/c24-19-16-4-3-14(15-2-1-8-21-13-15)12-17(16)22-18-5-6-20(7-9-23(18)19)25-10-11-26-20/h1-4,8,12-13H,5-7,9-11H2. The average Bonchev–Trinajstić information content (AvgIpc) is 3.07. The Morgan fingerprint density at radius 2 is 1.96 bits per heavy atom. The van der Waals surface area contributed by atoms with Crippen molar-refractivity contribution in [3.8, 4) is 11.1 Å². The van der Waals surface area contributed by atoms with Crippen LogP contribution in [0, 0.1) is 0 Å². The maximum absolute atomic E-state index is 13.0. The number of fused-ring (bicyclic) bond motifs is 2. The van der Waals surface area contributed by atoms with E-state index in [-0.39, 0.29) is 5.56 Å². The Morgan fingerprint density at radius 1 is 1.08 bits per heavy atom. The van der Waals surface area contributed by atoms with Crippen LogP contribution < -0.4 is 5.56 Å². The quantitative estimate of drug-likeness (QED) is 0.675. The molecule has 0 saturated carbocycles. The minimum Gasteiger partial charge on any atom is -0.347 e. The first-order chi connectivity index (χ1) is 12.7. The van der Waals surface area contributed by atoms with Gasteiger partial charge < -0.3 is 9.47 Å². The normalized spacial score (nSPS) is 18.8. The number of pyridine rings is 1. The van der Waals surface area contributed by atoms with Crippen molar-refractivity contribution in [2.45, 2.75) is 31.6 Å². The smallest absolute Gasteiger partial charge is 0.261 e. The van der Waals surface area contributed by atoms with Gasteiger partial charge in [0.05, 0.1) is 24.1 Å². The number of rotatable bonds is 1. The number of hydrogen-bond acceptors (Lipinski definition) is 5. The molecule has 0 atom stereocenters. The van der Waals surface area contributed by atoms with Crippen molar-refractivity contribution in [3.05, 3.63) is 58.9 Å². The molecule has 0 aliphatic carbocycles. The molecular weight excluding hydrogens is 330 g/mol. The Morgan fingerprint density at radius 3 is 2.77 bits per heavy atom. The third kappa shape index (κ3) is 2.53. The molecule has 132 valence electrons. The summed E-state index contributed by atoms with van der Waals surface area (Å²) in [6.45, 7) is 1.81. The van der Waals surface area contributed by atoms with E-state index in [2.05, 4.69) is 4.98 Å². The van der Waals surface area contributed by atoms with Gasteiger partial charge in [-0.25, -0.2) is 4.98 Å². The predicted molar refractivity (Wildman–Crippen MR) is 96.8 cm³/mol. The Balaban J connectivity index is 1.60. The number of aryl methyl sites for hydroxylation is 1. The van der Waals surface area contributed by atoms with Crippen LogP contribution in [0.1, 0.15) is 18.7 Å². The van der Waals surface area contributed by atoms with E-state index in [1.807, 2.05) is 36.5 Å². The summed E-state index contributed by atoms with van der Waals surface area (Å²) in [5.41, 5.74) is 2.76. The summed E-state index contributed by atoms with van der Waals surface area (Å²) in [7, 11) is 0. The molecule has 0 unspecified atom stereocenters. The van der Waals surface area contributed by atoms with E-state index in [9.17, 15) is 4.79 Å². The highest BCUT2D eigenvalue weighted by molar-refractivity contribution is 5.83. The Hall–Kier alpha value is -2.57. The van der Waals surface area contributed by atoms with Gasteiger partial charge in [0.2, 0.25) is 0 Å². The second-order valence-corrected chi connectivity index (χ2v) is 6.82. The molecule has 4 heterocycles. The molecule has 26 heavy (non-hydrogen) atoms. The lowest BCUT2D eigenvalue weighted by molar-refractivity contribution is -0.165. The highest BCUT2D eigenvalue weighted by Gasteiger charge is 2.38. The molecule has 2 aliphatic heterocycles. The highest BCUT2D eigenvalue weighted by Crippen LogP contribution is 2.32. The van der Waals surface area contributed by atoms with E-state index < -0.39 is 5.79 Å². The molecule has 0 radical (unpaired) electrons. The van der Waals surface area contributed by atoms with E-state index in [0.717, 1.165) is 28.9 Å². The largest absolute Gasteiger partial charge is 0.347 e. The fourth-order valence-electron chi connectivity index (χ4n) is 3.90. The third-order valence-corrected chi connectivity index (χ3v) is 5.29. The Kier molecular flexibility index (Phi) is 3.62. The maximum Gasteiger partial charge on any atom is 0.261 e. The van der Waals surface area contributed by atoms with Gasteiger partial charge in [-0.1, -0.05) is 12.1 Å². The lowest BCUT2D eigenvalue weighted by Crippen LogP contribution is -2.31. The molecule has 2 aromatic heterocycles.